The Labute approximate surface area is 159 Å². The lowest BCUT2D eigenvalue weighted by molar-refractivity contribution is -0.286. The Morgan fingerprint density at radius 3 is 2.64 bits per heavy atom. The maximum Gasteiger partial charge on any atom is 0.586 e. The van der Waals surface area contributed by atoms with Gasteiger partial charge in [0.05, 0.1) is 11.2 Å². The van der Waals surface area contributed by atoms with Gasteiger partial charge in [-0.15, -0.1) is 8.78 Å². The molecule has 2 aromatic heterocycles. The predicted octanol–water partition coefficient (Wildman–Crippen LogP) is 5.58. The molecule has 140 valence electrons. The number of alkyl halides is 2. The van der Waals surface area contributed by atoms with Crippen molar-refractivity contribution in [2.24, 2.45) is 0 Å². The maximum atomic E-state index is 13.4. The van der Waals surface area contributed by atoms with Crippen molar-refractivity contribution in [3.8, 4) is 22.8 Å². The van der Waals surface area contributed by atoms with Gasteiger partial charge in [-0.3, -0.25) is 0 Å². The third kappa shape index (κ3) is 2.24. The molecule has 0 unspecified atom stereocenters. The van der Waals surface area contributed by atoms with Crippen molar-refractivity contribution in [2.45, 2.75) is 32.0 Å². The van der Waals surface area contributed by atoms with E-state index in [2.05, 4.69) is 20.5 Å². The topological polar surface area (TPSA) is 47.1 Å². The highest BCUT2D eigenvalue weighted by Gasteiger charge is 2.43. The number of H-pyrrole nitrogens is 1. The molecule has 1 aliphatic carbocycles. The van der Waals surface area contributed by atoms with E-state index < -0.39 is 6.29 Å². The van der Waals surface area contributed by atoms with Crippen LogP contribution in [0.15, 0.2) is 42.6 Å². The van der Waals surface area contributed by atoms with E-state index in [1.54, 1.807) is 12.1 Å². The first-order valence-corrected chi connectivity index (χ1v) is 9.41. The van der Waals surface area contributed by atoms with Crippen molar-refractivity contribution in [2.75, 3.05) is 0 Å². The van der Waals surface area contributed by atoms with Gasteiger partial charge >= 0.3 is 6.29 Å². The van der Waals surface area contributed by atoms with Crippen LogP contribution in [0.2, 0.25) is 0 Å². The number of fused-ring (bicyclic) bond motifs is 6. The Morgan fingerprint density at radius 2 is 1.75 bits per heavy atom. The van der Waals surface area contributed by atoms with Crippen LogP contribution in [0.25, 0.3) is 33.1 Å². The van der Waals surface area contributed by atoms with Gasteiger partial charge in [0.1, 0.15) is 0 Å². The van der Waals surface area contributed by atoms with E-state index in [1.165, 1.54) is 28.0 Å². The second kappa shape index (κ2) is 5.44. The summed E-state index contributed by atoms with van der Waals surface area (Å²) in [5.74, 6) is 0.104. The van der Waals surface area contributed by atoms with Gasteiger partial charge in [-0.05, 0) is 73.2 Å². The fourth-order valence-electron chi connectivity index (χ4n) is 4.50. The summed E-state index contributed by atoms with van der Waals surface area (Å²) in [5.41, 5.74) is 6.16. The number of hydrogen-bond acceptors (Lipinski definition) is 3. The molecule has 2 aromatic carbocycles. The molecule has 0 fully saturated rings. The molecule has 1 aliphatic heterocycles. The molecular weight excluding hydrogens is 362 g/mol. The van der Waals surface area contributed by atoms with Gasteiger partial charge in [-0.25, -0.2) is 4.98 Å². The molecule has 1 N–H and O–H groups in total. The van der Waals surface area contributed by atoms with Gasteiger partial charge in [-0.1, -0.05) is 0 Å². The summed E-state index contributed by atoms with van der Waals surface area (Å²) in [5, 5.41) is 2.38. The molecule has 0 atom stereocenters. The van der Waals surface area contributed by atoms with Gasteiger partial charge < -0.3 is 14.5 Å². The van der Waals surface area contributed by atoms with Crippen LogP contribution < -0.4 is 9.47 Å². The summed E-state index contributed by atoms with van der Waals surface area (Å²) in [6, 6.07) is 11.1. The third-order valence-electron chi connectivity index (χ3n) is 5.67. The normalized spacial score (nSPS) is 17.2. The standard InChI is InChI=1S/C22H16F2N2O2/c23-22(24)27-18-8-5-12(11-19(18)28-22)21-14-4-2-1-3-13(14)20-15-9-10-25-16(15)6-7-17(20)26-21/h5-11,25H,1-4H2. The van der Waals surface area contributed by atoms with E-state index in [-0.39, 0.29) is 11.5 Å². The maximum absolute atomic E-state index is 13.4. The zero-order valence-electron chi connectivity index (χ0n) is 14.9. The number of aromatic nitrogens is 2. The molecular formula is C22H16F2N2O2. The fraction of sp³-hybridized carbons (Fsp3) is 0.227. The summed E-state index contributed by atoms with van der Waals surface area (Å²) in [4.78, 5) is 8.22. The molecule has 0 saturated carbocycles. The molecule has 6 heteroatoms. The van der Waals surface area contributed by atoms with E-state index in [9.17, 15) is 8.78 Å². The lowest BCUT2D eigenvalue weighted by Gasteiger charge is -2.22. The third-order valence-corrected chi connectivity index (χ3v) is 5.67. The van der Waals surface area contributed by atoms with Crippen LogP contribution in [-0.2, 0) is 12.8 Å². The number of aromatic amines is 1. The molecule has 4 aromatic rings. The predicted molar refractivity (Wildman–Crippen MR) is 102 cm³/mol. The monoisotopic (exact) mass is 378 g/mol. The first-order chi connectivity index (χ1) is 13.6. The molecule has 0 saturated heterocycles. The molecule has 6 rings (SSSR count). The number of pyridine rings is 1. The number of halogens is 2. The Morgan fingerprint density at radius 1 is 0.929 bits per heavy atom. The molecule has 3 heterocycles. The molecule has 2 aliphatic rings. The first-order valence-electron chi connectivity index (χ1n) is 9.41. The Hall–Kier alpha value is -3.15. The zero-order chi connectivity index (χ0) is 18.9. The number of hydrogen-bond donors (Lipinski definition) is 1. The van der Waals surface area contributed by atoms with Gasteiger partial charge in [-0.2, -0.15) is 0 Å². The van der Waals surface area contributed by atoms with E-state index in [0.717, 1.165) is 48.0 Å². The number of nitrogens with one attached hydrogen (secondary N) is 1. The van der Waals surface area contributed by atoms with Crippen LogP contribution in [0.5, 0.6) is 11.5 Å². The van der Waals surface area contributed by atoms with Gasteiger partial charge in [0.15, 0.2) is 11.5 Å². The summed E-state index contributed by atoms with van der Waals surface area (Å²) >= 11 is 0. The van der Waals surface area contributed by atoms with Gasteiger partial charge in [0, 0.05) is 28.0 Å². The van der Waals surface area contributed by atoms with Crippen LogP contribution in [0.1, 0.15) is 24.0 Å². The number of rotatable bonds is 1. The van der Waals surface area contributed by atoms with Crippen LogP contribution in [-0.4, -0.2) is 16.3 Å². The van der Waals surface area contributed by atoms with Crippen molar-refractivity contribution in [1.82, 2.24) is 9.97 Å². The average Bonchev–Trinajstić information content (AvgIpc) is 3.28. The minimum atomic E-state index is -3.61. The highest BCUT2D eigenvalue weighted by atomic mass is 19.3. The van der Waals surface area contributed by atoms with Crippen LogP contribution in [0.4, 0.5) is 8.78 Å². The minimum absolute atomic E-state index is 0.0510. The van der Waals surface area contributed by atoms with E-state index in [0.29, 0.717) is 0 Å². The molecule has 0 radical (unpaired) electrons. The molecule has 28 heavy (non-hydrogen) atoms. The minimum Gasteiger partial charge on any atom is -0.395 e. The molecule has 0 spiro atoms. The molecule has 4 nitrogen and oxygen atoms in total. The van der Waals surface area contributed by atoms with Crippen molar-refractivity contribution >= 4 is 21.8 Å². The highest BCUT2D eigenvalue weighted by Crippen LogP contribution is 2.44. The van der Waals surface area contributed by atoms with E-state index in [4.69, 9.17) is 4.98 Å². The zero-order valence-corrected chi connectivity index (χ0v) is 14.9. The Kier molecular flexibility index (Phi) is 3.08. The fourth-order valence-corrected chi connectivity index (χ4v) is 4.50. The van der Waals surface area contributed by atoms with Gasteiger partial charge in [0.2, 0.25) is 0 Å². The highest BCUT2D eigenvalue weighted by molar-refractivity contribution is 6.08. The summed E-state index contributed by atoms with van der Waals surface area (Å²) in [6.45, 7) is 0. The average molecular weight is 378 g/mol. The summed E-state index contributed by atoms with van der Waals surface area (Å²) < 4.78 is 36.0. The summed E-state index contributed by atoms with van der Waals surface area (Å²) in [7, 11) is 0. The number of aryl methyl sites for hydroxylation is 1. The largest absolute Gasteiger partial charge is 0.586 e. The van der Waals surface area contributed by atoms with E-state index >= 15 is 0 Å². The van der Waals surface area contributed by atoms with Gasteiger partial charge in [0.25, 0.3) is 0 Å². The molecule has 0 bridgehead atoms. The van der Waals surface area contributed by atoms with Crippen LogP contribution >= 0.6 is 0 Å². The number of ether oxygens (including phenoxy) is 2. The van der Waals surface area contributed by atoms with E-state index in [1.807, 2.05) is 18.3 Å². The number of nitrogens with zero attached hydrogens (tertiary/aromatic N) is 1. The van der Waals surface area contributed by atoms with Crippen molar-refractivity contribution in [3.63, 3.8) is 0 Å². The van der Waals surface area contributed by atoms with Crippen molar-refractivity contribution < 1.29 is 18.3 Å². The lowest BCUT2D eigenvalue weighted by Crippen LogP contribution is -2.25. The van der Waals surface area contributed by atoms with Crippen LogP contribution in [0.3, 0.4) is 0 Å². The summed E-state index contributed by atoms with van der Waals surface area (Å²) in [6.07, 6.45) is 2.49. The quantitative estimate of drug-likeness (QED) is 0.470. The lowest BCUT2D eigenvalue weighted by atomic mass is 9.85. The smallest absolute Gasteiger partial charge is 0.395 e. The first kappa shape index (κ1) is 15.9. The molecule has 0 amide bonds. The Bertz CT molecular complexity index is 1260. The number of benzene rings is 2. The Balaban J connectivity index is 1.61. The van der Waals surface area contributed by atoms with Crippen LogP contribution in [0, 0.1) is 0 Å². The van der Waals surface area contributed by atoms with Crippen molar-refractivity contribution in [3.05, 3.63) is 53.7 Å². The second-order valence-electron chi connectivity index (χ2n) is 7.35. The second-order valence-corrected chi connectivity index (χ2v) is 7.35. The van der Waals surface area contributed by atoms with Crippen molar-refractivity contribution in [1.29, 1.82) is 0 Å². The SMILES string of the molecule is FC1(F)Oc2ccc(-c3nc4ccc5[nH]ccc5c4c4c3CCCC4)cc2O1.